The van der Waals surface area contributed by atoms with Gasteiger partial charge in [-0.25, -0.2) is 9.97 Å². The van der Waals surface area contributed by atoms with Gasteiger partial charge in [0.2, 0.25) is 0 Å². The Morgan fingerprint density at radius 1 is 1.15 bits per heavy atom. The van der Waals surface area contributed by atoms with Crippen LogP contribution in [-0.4, -0.2) is 45.4 Å². The quantitative estimate of drug-likeness (QED) is 0.813. The summed E-state index contributed by atoms with van der Waals surface area (Å²) in [4.78, 5) is 25.3. The first-order chi connectivity index (χ1) is 9.58. The molecule has 2 aromatic rings. The summed E-state index contributed by atoms with van der Waals surface area (Å²) >= 11 is 3.42. The number of hydrogen-bond acceptors (Lipinski definition) is 5. The first-order valence-corrected chi connectivity index (χ1v) is 8.66. The summed E-state index contributed by atoms with van der Waals surface area (Å²) in [6.07, 6.45) is 0. The maximum Gasteiger partial charge on any atom is 0.264 e. The van der Waals surface area contributed by atoms with Crippen LogP contribution in [0.3, 0.4) is 0 Å². The molecule has 0 radical (unpaired) electrons. The average molecular weight is 307 g/mol. The van der Waals surface area contributed by atoms with Gasteiger partial charge in [-0.15, -0.1) is 11.3 Å². The van der Waals surface area contributed by atoms with Gasteiger partial charge in [0.1, 0.15) is 10.7 Å². The van der Waals surface area contributed by atoms with Crippen molar-refractivity contribution in [1.82, 2.24) is 14.9 Å². The number of nitrogens with zero attached hydrogens (tertiary/aromatic N) is 3. The molecule has 0 spiro atoms. The molecule has 0 aromatic carbocycles. The van der Waals surface area contributed by atoms with Gasteiger partial charge in [0.15, 0.2) is 0 Å². The molecule has 0 bridgehead atoms. The molecule has 1 aliphatic rings. The van der Waals surface area contributed by atoms with E-state index in [1.807, 2.05) is 37.4 Å². The number of fused-ring (bicyclic) bond motifs is 1. The summed E-state index contributed by atoms with van der Waals surface area (Å²) in [5.41, 5.74) is 2.00. The van der Waals surface area contributed by atoms with Crippen molar-refractivity contribution in [3.05, 3.63) is 22.0 Å². The molecule has 4 nitrogen and oxygen atoms in total. The molecule has 20 heavy (non-hydrogen) atoms. The van der Waals surface area contributed by atoms with E-state index in [0.29, 0.717) is 0 Å². The van der Waals surface area contributed by atoms with Gasteiger partial charge in [-0.3, -0.25) is 4.79 Å². The maximum absolute atomic E-state index is 12.7. The summed E-state index contributed by atoms with van der Waals surface area (Å²) in [5.74, 6) is 2.99. The molecule has 6 heteroatoms. The van der Waals surface area contributed by atoms with E-state index < -0.39 is 0 Å². The van der Waals surface area contributed by atoms with Crippen molar-refractivity contribution in [3.63, 3.8) is 0 Å². The minimum Gasteiger partial charge on any atom is -0.336 e. The molecule has 1 fully saturated rings. The number of carbonyl (C=O) groups excluding carboxylic acids is 1. The van der Waals surface area contributed by atoms with Gasteiger partial charge in [-0.2, -0.15) is 11.8 Å². The predicted molar refractivity (Wildman–Crippen MR) is 84.9 cm³/mol. The number of thiophene rings is 1. The number of carbonyl (C=O) groups is 1. The van der Waals surface area contributed by atoms with Crippen molar-refractivity contribution in [1.29, 1.82) is 0 Å². The average Bonchev–Trinajstić information content (AvgIpc) is 2.76. The molecular weight excluding hydrogens is 290 g/mol. The zero-order chi connectivity index (χ0) is 14.3. The lowest BCUT2D eigenvalue weighted by Gasteiger charge is -2.26. The molecule has 1 saturated heterocycles. The highest BCUT2D eigenvalue weighted by atomic mass is 32.2. The lowest BCUT2D eigenvalue weighted by atomic mass is 10.1. The Bertz CT molecular complexity index is 675. The van der Waals surface area contributed by atoms with Crippen molar-refractivity contribution in [2.24, 2.45) is 0 Å². The molecule has 0 saturated carbocycles. The number of amides is 1. The Morgan fingerprint density at radius 2 is 1.85 bits per heavy atom. The predicted octanol–water partition coefficient (Wildman–Crippen LogP) is 2.81. The van der Waals surface area contributed by atoms with Crippen molar-refractivity contribution in [2.45, 2.75) is 20.8 Å². The molecule has 106 valence electrons. The summed E-state index contributed by atoms with van der Waals surface area (Å²) in [6, 6.07) is 0. The summed E-state index contributed by atoms with van der Waals surface area (Å²) in [6.45, 7) is 7.59. The first kappa shape index (κ1) is 13.8. The summed E-state index contributed by atoms with van der Waals surface area (Å²) in [5, 5.41) is 1.05. The number of hydrogen-bond donors (Lipinski definition) is 0. The van der Waals surface area contributed by atoms with E-state index in [4.69, 9.17) is 0 Å². The van der Waals surface area contributed by atoms with Crippen LogP contribution in [0.15, 0.2) is 0 Å². The van der Waals surface area contributed by atoms with Crippen LogP contribution in [0.1, 0.15) is 26.8 Å². The summed E-state index contributed by atoms with van der Waals surface area (Å²) < 4.78 is 0. The van der Waals surface area contributed by atoms with Gasteiger partial charge in [0.25, 0.3) is 5.91 Å². The molecule has 3 heterocycles. The van der Waals surface area contributed by atoms with Crippen molar-refractivity contribution in [3.8, 4) is 0 Å². The highest BCUT2D eigenvalue weighted by molar-refractivity contribution is 7.99. The van der Waals surface area contributed by atoms with Crippen LogP contribution in [0.25, 0.3) is 10.2 Å². The van der Waals surface area contributed by atoms with Crippen LogP contribution in [0.2, 0.25) is 0 Å². The van der Waals surface area contributed by atoms with E-state index in [2.05, 4.69) is 9.97 Å². The molecule has 0 atom stereocenters. The van der Waals surface area contributed by atoms with Gasteiger partial charge >= 0.3 is 0 Å². The second kappa shape index (κ2) is 5.33. The molecule has 2 aromatic heterocycles. The molecule has 0 N–H and O–H groups in total. The minimum atomic E-state index is 0.155. The van der Waals surface area contributed by atoms with Crippen molar-refractivity contribution >= 4 is 39.2 Å². The number of thioether (sulfide) groups is 1. The number of aromatic nitrogens is 2. The van der Waals surface area contributed by atoms with Crippen molar-refractivity contribution < 1.29 is 4.79 Å². The van der Waals surface area contributed by atoms with E-state index in [0.717, 1.165) is 56.8 Å². The van der Waals surface area contributed by atoms with E-state index >= 15 is 0 Å². The Morgan fingerprint density at radius 3 is 2.55 bits per heavy atom. The van der Waals surface area contributed by atoms with E-state index in [-0.39, 0.29) is 5.91 Å². The minimum absolute atomic E-state index is 0.155. The number of rotatable bonds is 1. The van der Waals surface area contributed by atoms with Crippen molar-refractivity contribution in [2.75, 3.05) is 24.6 Å². The van der Waals surface area contributed by atoms with Crippen LogP contribution in [0, 0.1) is 20.8 Å². The molecule has 1 aliphatic heterocycles. The van der Waals surface area contributed by atoms with Crippen LogP contribution < -0.4 is 0 Å². The van der Waals surface area contributed by atoms with Gasteiger partial charge in [0.05, 0.1) is 4.88 Å². The third-order valence-corrected chi connectivity index (χ3v) is 5.69. The normalized spacial score (nSPS) is 15.8. The Hall–Kier alpha value is -1.14. The topological polar surface area (TPSA) is 46.1 Å². The van der Waals surface area contributed by atoms with E-state index in [1.165, 1.54) is 11.3 Å². The lowest BCUT2D eigenvalue weighted by molar-refractivity contribution is 0.0776. The highest BCUT2D eigenvalue weighted by Gasteiger charge is 2.24. The maximum atomic E-state index is 12.7. The van der Waals surface area contributed by atoms with Crippen LogP contribution in [0.4, 0.5) is 0 Å². The van der Waals surface area contributed by atoms with Crippen LogP contribution in [-0.2, 0) is 0 Å². The molecular formula is C14H17N3OS2. The Kier molecular flexibility index (Phi) is 3.69. The first-order valence-electron chi connectivity index (χ1n) is 6.69. The monoisotopic (exact) mass is 307 g/mol. The molecule has 1 amide bonds. The molecule has 0 aliphatic carbocycles. The fraction of sp³-hybridized carbons (Fsp3) is 0.500. The standard InChI is InChI=1S/C14H17N3OS2/c1-8-11-9(2)15-10(3)16-13(11)20-12(8)14(18)17-4-6-19-7-5-17/h4-7H2,1-3H3. The third kappa shape index (κ3) is 2.31. The van der Waals surface area contributed by atoms with Crippen LogP contribution >= 0.6 is 23.1 Å². The van der Waals surface area contributed by atoms with Gasteiger partial charge in [0, 0.05) is 35.7 Å². The number of aryl methyl sites for hydroxylation is 3. The van der Waals surface area contributed by atoms with Gasteiger partial charge < -0.3 is 4.90 Å². The van der Waals surface area contributed by atoms with E-state index in [9.17, 15) is 4.79 Å². The van der Waals surface area contributed by atoms with Crippen LogP contribution in [0.5, 0.6) is 0 Å². The lowest BCUT2D eigenvalue weighted by Crippen LogP contribution is -2.37. The zero-order valence-corrected chi connectivity index (χ0v) is 13.5. The Labute approximate surface area is 126 Å². The molecule has 0 unspecified atom stereocenters. The van der Waals surface area contributed by atoms with E-state index in [1.54, 1.807) is 0 Å². The Balaban J connectivity index is 2.05. The molecule has 3 rings (SSSR count). The third-order valence-electron chi connectivity index (χ3n) is 3.58. The fourth-order valence-electron chi connectivity index (χ4n) is 2.59. The zero-order valence-electron chi connectivity index (χ0n) is 11.9. The van der Waals surface area contributed by atoms with Gasteiger partial charge in [-0.05, 0) is 26.3 Å². The highest BCUT2D eigenvalue weighted by Crippen LogP contribution is 2.32. The SMILES string of the molecule is Cc1nc(C)c2c(C)c(C(=O)N3CCSCC3)sc2n1. The van der Waals surface area contributed by atoms with Gasteiger partial charge in [-0.1, -0.05) is 0 Å². The summed E-state index contributed by atoms with van der Waals surface area (Å²) in [7, 11) is 0. The largest absolute Gasteiger partial charge is 0.336 e. The second-order valence-electron chi connectivity index (χ2n) is 5.00. The fourth-order valence-corrected chi connectivity index (χ4v) is 4.74. The smallest absolute Gasteiger partial charge is 0.264 e. The second-order valence-corrected chi connectivity index (χ2v) is 7.22.